The highest BCUT2D eigenvalue weighted by Crippen LogP contribution is 2.23. The second-order valence-electron chi connectivity index (χ2n) is 5.32. The first kappa shape index (κ1) is 17.7. The number of benzene rings is 1. The normalized spacial score (nSPS) is 12.2. The Morgan fingerprint density at radius 3 is 2.76 bits per heavy atom. The SMILES string of the molecule is CC(C(=O)Nc1ncn(Cc2ccc(Cl)c(Cl)c2)n1)n1cc(Cl)cn1. The molecule has 25 heavy (non-hydrogen) atoms. The third kappa shape index (κ3) is 4.31. The molecule has 0 aliphatic rings. The van der Waals surface area contributed by atoms with Gasteiger partial charge in [0.2, 0.25) is 5.95 Å². The van der Waals surface area contributed by atoms with Crippen LogP contribution in [0, 0.1) is 0 Å². The van der Waals surface area contributed by atoms with Crippen LogP contribution in [0.1, 0.15) is 18.5 Å². The summed E-state index contributed by atoms with van der Waals surface area (Å²) in [6.45, 7) is 2.15. The first-order chi connectivity index (χ1) is 11.9. The summed E-state index contributed by atoms with van der Waals surface area (Å²) in [5, 5.41) is 12.3. The number of carbonyl (C=O) groups is 1. The molecule has 0 saturated heterocycles. The van der Waals surface area contributed by atoms with E-state index >= 15 is 0 Å². The lowest BCUT2D eigenvalue weighted by Crippen LogP contribution is -2.24. The van der Waals surface area contributed by atoms with Crippen LogP contribution in [0.25, 0.3) is 0 Å². The van der Waals surface area contributed by atoms with Crippen LogP contribution in [-0.2, 0) is 11.3 Å². The molecule has 1 amide bonds. The monoisotopic (exact) mass is 398 g/mol. The van der Waals surface area contributed by atoms with Crippen LogP contribution < -0.4 is 5.32 Å². The fourth-order valence-electron chi connectivity index (χ4n) is 2.11. The molecule has 3 aromatic rings. The van der Waals surface area contributed by atoms with Crippen molar-refractivity contribution < 1.29 is 4.79 Å². The number of halogens is 3. The summed E-state index contributed by atoms with van der Waals surface area (Å²) in [5.74, 6) is -0.0952. The van der Waals surface area contributed by atoms with Crippen molar-refractivity contribution in [2.45, 2.75) is 19.5 Å². The van der Waals surface area contributed by atoms with Crippen LogP contribution in [0.5, 0.6) is 0 Å². The quantitative estimate of drug-likeness (QED) is 0.710. The van der Waals surface area contributed by atoms with E-state index in [0.717, 1.165) is 5.56 Å². The highest BCUT2D eigenvalue weighted by Gasteiger charge is 2.17. The molecular formula is C15H13Cl3N6O. The molecule has 3 rings (SSSR count). The molecule has 0 saturated carbocycles. The van der Waals surface area contributed by atoms with Gasteiger partial charge in [-0.2, -0.15) is 5.10 Å². The summed E-state index contributed by atoms with van der Waals surface area (Å²) < 4.78 is 3.05. The lowest BCUT2D eigenvalue weighted by molar-refractivity contribution is -0.119. The Bertz CT molecular complexity index is 906. The predicted octanol–water partition coefficient (Wildman–Crippen LogP) is 3.68. The van der Waals surface area contributed by atoms with E-state index in [9.17, 15) is 4.79 Å². The molecule has 1 aromatic carbocycles. The number of aromatic nitrogens is 5. The van der Waals surface area contributed by atoms with Crippen LogP contribution in [-0.4, -0.2) is 30.5 Å². The molecule has 130 valence electrons. The predicted molar refractivity (Wildman–Crippen MR) is 96.2 cm³/mol. The van der Waals surface area contributed by atoms with E-state index in [0.29, 0.717) is 21.6 Å². The fourth-order valence-corrected chi connectivity index (χ4v) is 2.58. The van der Waals surface area contributed by atoms with Gasteiger partial charge in [0.05, 0.1) is 27.8 Å². The van der Waals surface area contributed by atoms with Crippen molar-refractivity contribution in [2.24, 2.45) is 0 Å². The summed E-state index contributed by atoms with van der Waals surface area (Å²) in [4.78, 5) is 16.3. The van der Waals surface area contributed by atoms with Crippen molar-refractivity contribution in [3.05, 3.63) is 57.6 Å². The molecule has 1 N–H and O–H groups in total. The Morgan fingerprint density at radius 2 is 2.08 bits per heavy atom. The van der Waals surface area contributed by atoms with Gasteiger partial charge in [0.1, 0.15) is 12.4 Å². The van der Waals surface area contributed by atoms with Crippen LogP contribution >= 0.6 is 34.8 Å². The van der Waals surface area contributed by atoms with Crippen molar-refractivity contribution >= 4 is 46.7 Å². The van der Waals surface area contributed by atoms with Gasteiger partial charge in [0.25, 0.3) is 5.91 Å². The van der Waals surface area contributed by atoms with E-state index in [-0.39, 0.29) is 11.9 Å². The molecule has 10 heteroatoms. The maximum atomic E-state index is 12.2. The standard InChI is InChI=1S/C15H13Cl3N6O/c1-9(24-7-11(16)5-20-24)14(25)21-15-19-8-23(22-15)6-10-2-3-12(17)13(18)4-10/h2-5,7-9H,6H2,1H3,(H,21,22,25). The van der Waals surface area contributed by atoms with Crippen LogP contribution in [0.15, 0.2) is 36.9 Å². The molecule has 1 unspecified atom stereocenters. The van der Waals surface area contributed by atoms with Gasteiger partial charge in [-0.25, -0.2) is 9.67 Å². The van der Waals surface area contributed by atoms with Gasteiger partial charge >= 0.3 is 0 Å². The molecule has 7 nitrogen and oxygen atoms in total. The largest absolute Gasteiger partial charge is 0.291 e. The van der Waals surface area contributed by atoms with E-state index in [1.807, 2.05) is 6.07 Å². The summed E-state index contributed by atoms with van der Waals surface area (Å²) >= 11 is 17.7. The van der Waals surface area contributed by atoms with Gasteiger partial charge in [-0.15, -0.1) is 5.10 Å². The van der Waals surface area contributed by atoms with Gasteiger partial charge in [-0.3, -0.25) is 14.8 Å². The first-order valence-corrected chi connectivity index (χ1v) is 8.39. The lowest BCUT2D eigenvalue weighted by Gasteiger charge is -2.10. The maximum absolute atomic E-state index is 12.2. The van der Waals surface area contributed by atoms with Gasteiger partial charge < -0.3 is 0 Å². The van der Waals surface area contributed by atoms with Gasteiger partial charge in [-0.05, 0) is 24.6 Å². The number of rotatable bonds is 5. The van der Waals surface area contributed by atoms with Crippen molar-refractivity contribution in [2.75, 3.05) is 5.32 Å². The molecule has 0 spiro atoms. The molecule has 1 atom stereocenters. The highest BCUT2D eigenvalue weighted by atomic mass is 35.5. The Balaban J connectivity index is 1.64. The molecule has 2 heterocycles. The minimum atomic E-state index is -0.547. The summed E-state index contributed by atoms with van der Waals surface area (Å²) in [5.41, 5.74) is 0.914. The van der Waals surface area contributed by atoms with Crippen LogP contribution in [0.4, 0.5) is 5.95 Å². The lowest BCUT2D eigenvalue weighted by atomic mass is 10.2. The van der Waals surface area contributed by atoms with Crippen molar-refractivity contribution in [3.8, 4) is 0 Å². The topological polar surface area (TPSA) is 77.6 Å². The average Bonchev–Trinajstić information content (AvgIpc) is 3.19. The third-order valence-corrected chi connectivity index (χ3v) is 4.38. The van der Waals surface area contributed by atoms with Gasteiger partial charge in [0.15, 0.2) is 0 Å². The average molecular weight is 400 g/mol. The molecule has 0 fully saturated rings. The molecule has 0 bridgehead atoms. The summed E-state index contributed by atoms with van der Waals surface area (Å²) in [6.07, 6.45) is 4.56. The van der Waals surface area contributed by atoms with Crippen molar-refractivity contribution in [3.63, 3.8) is 0 Å². The highest BCUT2D eigenvalue weighted by molar-refractivity contribution is 6.42. The molecule has 0 radical (unpaired) electrons. The number of carbonyl (C=O) groups excluding carboxylic acids is 1. The zero-order valence-corrected chi connectivity index (χ0v) is 15.3. The number of amides is 1. The van der Waals surface area contributed by atoms with E-state index in [2.05, 4.69) is 20.5 Å². The van der Waals surface area contributed by atoms with Crippen LogP contribution in [0.2, 0.25) is 15.1 Å². The minimum Gasteiger partial charge on any atom is -0.291 e. The van der Waals surface area contributed by atoms with E-state index in [1.54, 1.807) is 29.9 Å². The fraction of sp³-hybridized carbons (Fsp3) is 0.200. The smallest absolute Gasteiger partial charge is 0.251 e. The number of hydrogen-bond donors (Lipinski definition) is 1. The van der Waals surface area contributed by atoms with Crippen molar-refractivity contribution in [1.82, 2.24) is 24.5 Å². The van der Waals surface area contributed by atoms with E-state index in [1.165, 1.54) is 17.2 Å². The number of nitrogens with one attached hydrogen (secondary N) is 1. The number of nitrogens with zero attached hydrogens (tertiary/aromatic N) is 5. The number of anilines is 1. The maximum Gasteiger partial charge on any atom is 0.251 e. The second kappa shape index (κ2) is 7.43. The Kier molecular flexibility index (Phi) is 5.27. The molecule has 0 aliphatic heterocycles. The Morgan fingerprint density at radius 1 is 1.28 bits per heavy atom. The van der Waals surface area contributed by atoms with Crippen molar-refractivity contribution in [1.29, 1.82) is 0 Å². The molecule has 0 aliphatic carbocycles. The zero-order valence-electron chi connectivity index (χ0n) is 13.0. The third-order valence-electron chi connectivity index (χ3n) is 3.45. The molecule has 2 aromatic heterocycles. The van der Waals surface area contributed by atoms with Gasteiger partial charge in [-0.1, -0.05) is 40.9 Å². The number of hydrogen-bond acceptors (Lipinski definition) is 4. The zero-order chi connectivity index (χ0) is 18.0. The van der Waals surface area contributed by atoms with E-state index < -0.39 is 6.04 Å². The van der Waals surface area contributed by atoms with E-state index in [4.69, 9.17) is 34.8 Å². The first-order valence-electron chi connectivity index (χ1n) is 7.26. The summed E-state index contributed by atoms with van der Waals surface area (Å²) in [7, 11) is 0. The Labute approximate surface area is 158 Å². The van der Waals surface area contributed by atoms with Gasteiger partial charge in [0, 0.05) is 6.20 Å². The minimum absolute atomic E-state index is 0.204. The van der Waals surface area contributed by atoms with Crippen LogP contribution in [0.3, 0.4) is 0 Å². The summed E-state index contributed by atoms with van der Waals surface area (Å²) in [6, 6.07) is 4.77. The Hall–Kier alpha value is -2.09. The molecular weight excluding hydrogens is 387 g/mol. The second-order valence-corrected chi connectivity index (χ2v) is 6.57.